The molecule has 5 N–H and O–H groups in total. The summed E-state index contributed by atoms with van der Waals surface area (Å²) in [6, 6.07) is 0. The van der Waals surface area contributed by atoms with Crippen molar-refractivity contribution in [1.82, 2.24) is 20.6 Å². The van der Waals surface area contributed by atoms with Gasteiger partial charge in [0.05, 0.1) is 0 Å². The Labute approximate surface area is 149 Å². The van der Waals surface area contributed by atoms with Crippen LogP contribution in [0.2, 0.25) is 6.32 Å². The van der Waals surface area contributed by atoms with Gasteiger partial charge in [-0.15, -0.1) is 5.10 Å². The number of tetrazole rings is 1. The molecule has 2 heterocycles. The number of hydrogen-bond acceptors (Lipinski definition) is 10. The quantitative estimate of drug-likeness (QED) is 0.319. The van der Waals surface area contributed by atoms with Gasteiger partial charge in [0.1, 0.15) is 11.4 Å². The van der Waals surface area contributed by atoms with Gasteiger partial charge in [0.2, 0.25) is 0 Å². The molecule has 1 aromatic heterocycles. The zero-order chi connectivity index (χ0) is 19.1. The van der Waals surface area contributed by atoms with Gasteiger partial charge in [-0.05, 0) is 30.8 Å². The topological polar surface area (TPSA) is 162 Å². The van der Waals surface area contributed by atoms with Gasteiger partial charge in [-0.2, -0.15) is 5.21 Å². The summed E-state index contributed by atoms with van der Waals surface area (Å²) >= 11 is 0. The van der Waals surface area contributed by atoms with E-state index in [-0.39, 0.29) is 23.9 Å². The normalized spacial score (nSPS) is 23.0. The number of nitrogens with two attached hydrogens (primary N) is 1. The third kappa shape index (κ3) is 3.22. The van der Waals surface area contributed by atoms with Crippen LogP contribution >= 0.6 is 0 Å². The molecule has 2 aromatic rings. The highest BCUT2D eigenvalue weighted by atomic mass is 16.4. The second-order valence-electron chi connectivity index (χ2n) is 7.12. The molecule has 0 spiro atoms. The van der Waals surface area contributed by atoms with E-state index in [2.05, 4.69) is 20.6 Å². The Balaban J connectivity index is 1.79. The average Bonchev–Trinajstić information content (AvgIpc) is 3.19. The van der Waals surface area contributed by atoms with Crippen LogP contribution in [-0.2, 0) is 0 Å². The minimum absolute atomic E-state index is 0.0639. The van der Waals surface area contributed by atoms with Crippen molar-refractivity contribution < 1.29 is 10.0 Å². The fourth-order valence-electron chi connectivity index (χ4n) is 3.59. The van der Waals surface area contributed by atoms with E-state index in [1.54, 1.807) is 7.05 Å². The van der Waals surface area contributed by atoms with E-state index in [1.807, 2.05) is 11.8 Å². The van der Waals surface area contributed by atoms with Crippen LogP contribution in [0.25, 0.3) is 0 Å². The highest BCUT2D eigenvalue weighted by Gasteiger charge is 2.43. The number of nitrogens with zero attached hydrogens (tertiary/aromatic N) is 5. The molecule has 3 rings (SSSR count). The van der Waals surface area contributed by atoms with E-state index in [0.29, 0.717) is 31.6 Å². The number of aromatic amines is 1. The van der Waals surface area contributed by atoms with Crippen molar-refractivity contribution in [2.24, 2.45) is 11.7 Å². The molecule has 1 saturated heterocycles. The first-order valence-electron chi connectivity index (χ1n) is 8.43. The van der Waals surface area contributed by atoms with Crippen LogP contribution in [-0.4, -0.2) is 63.5 Å². The number of nitrogens with one attached hydrogen (secondary N) is 1. The molecule has 0 unspecified atom stereocenters. The van der Waals surface area contributed by atoms with E-state index in [0.717, 1.165) is 0 Å². The van der Waals surface area contributed by atoms with Crippen molar-refractivity contribution in [2.45, 2.75) is 31.6 Å². The van der Waals surface area contributed by atoms with Crippen molar-refractivity contribution in [3.8, 4) is 0 Å². The number of rotatable bonds is 7. The fraction of sp³-hybridized carbons (Fsp3) is 0.643. The van der Waals surface area contributed by atoms with Gasteiger partial charge >= 0.3 is 7.12 Å². The van der Waals surface area contributed by atoms with E-state index < -0.39 is 23.5 Å². The molecule has 0 radical (unpaired) electrons. The molecule has 1 aliphatic heterocycles. The summed E-state index contributed by atoms with van der Waals surface area (Å²) < 4.78 is 0. The van der Waals surface area contributed by atoms with E-state index >= 15 is 0 Å². The molecule has 1 aliphatic rings. The SMILES string of the molecule is CN(c1nn[nH]n1)c1c(N2C[C@H](CCCB(O)O)[C@@](C)(N)C2)c(=O)c1=O. The second-order valence-corrected chi connectivity index (χ2v) is 7.12. The standard InChI is InChI=1S/C14H22BN7O4/c1-14(16)7-22(6-8(14)4-3-5-15(25)26)10-9(11(23)12(10)24)21(2)13-17-19-20-18-13/h8,25-26H,3-7,16H2,1-2H3,(H,17,18,19,20)/t8-,14-/m0/s1. The number of anilines is 3. The lowest BCUT2D eigenvalue weighted by Gasteiger charge is -2.27. The Morgan fingerprint density at radius 2 is 2.15 bits per heavy atom. The van der Waals surface area contributed by atoms with Crippen LogP contribution in [0.5, 0.6) is 0 Å². The lowest BCUT2D eigenvalue weighted by Crippen LogP contribution is -2.47. The molecule has 11 nitrogen and oxygen atoms in total. The minimum Gasteiger partial charge on any atom is -0.427 e. The first kappa shape index (κ1) is 18.5. The zero-order valence-corrected chi connectivity index (χ0v) is 14.7. The molecular weight excluding hydrogens is 341 g/mol. The van der Waals surface area contributed by atoms with E-state index in [9.17, 15) is 9.59 Å². The van der Waals surface area contributed by atoms with E-state index in [4.69, 9.17) is 15.8 Å². The molecule has 140 valence electrons. The Morgan fingerprint density at radius 1 is 1.42 bits per heavy atom. The van der Waals surface area contributed by atoms with Gasteiger partial charge < -0.3 is 25.6 Å². The third-order valence-electron chi connectivity index (χ3n) is 5.07. The predicted octanol–water partition coefficient (Wildman–Crippen LogP) is -2.03. The summed E-state index contributed by atoms with van der Waals surface area (Å²) in [5.74, 6) is 0.260. The van der Waals surface area contributed by atoms with Gasteiger partial charge in [0.25, 0.3) is 16.8 Å². The first-order valence-corrected chi connectivity index (χ1v) is 8.43. The fourth-order valence-corrected chi connectivity index (χ4v) is 3.59. The van der Waals surface area contributed by atoms with Crippen LogP contribution in [0.15, 0.2) is 9.59 Å². The first-order chi connectivity index (χ1) is 12.2. The molecule has 0 amide bonds. The Bertz CT molecular complexity index is 831. The van der Waals surface area contributed by atoms with Crippen LogP contribution in [0, 0.1) is 5.92 Å². The summed E-state index contributed by atoms with van der Waals surface area (Å²) in [5.41, 5.74) is 5.28. The second kappa shape index (κ2) is 6.78. The van der Waals surface area contributed by atoms with Crippen molar-refractivity contribution >= 4 is 24.4 Å². The smallest absolute Gasteiger partial charge is 0.427 e. The molecule has 26 heavy (non-hydrogen) atoms. The number of aromatic nitrogens is 4. The van der Waals surface area contributed by atoms with Gasteiger partial charge in [0, 0.05) is 25.7 Å². The number of H-pyrrole nitrogens is 1. The molecular formula is C14H22BN7O4. The molecule has 0 bridgehead atoms. The third-order valence-corrected chi connectivity index (χ3v) is 5.07. The average molecular weight is 363 g/mol. The monoisotopic (exact) mass is 363 g/mol. The summed E-state index contributed by atoms with van der Waals surface area (Å²) in [6.45, 7) is 2.85. The molecule has 0 aliphatic carbocycles. The van der Waals surface area contributed by atoms with Crippen LogP contribution < -0.4 is 26.4 Å². The maximum Gasteiger partial charge on any atom is 0.451 e. The summed E-state index contributed by atoms with van der Waals surface area (Å²) in [6.07, 6.45) is 1.59. The number of hydrogen-bond donors (Lipinski definition) is 4. The van der Waals surface area contributed by atoms with Gasteiger partial charge in [-0.1, -0.05) is 11.5 Å². The predicted molar refractivity (Wildman–Crippen MR) is 96.1 cm³/mol. The highest BCUT2D eigenvalue weighted by Crippen LogP contribution is 2.36. The maximum absolute atomic E-state index is 12.2. The van der Waals surface area contributed by atoms with Crippen molar-refractivity contribution in [2.75, 3.05) is 29.9 Å². The molecule has 12 heteroatoms. The minimum atomic E-state index is -1.33. The highest BCUT2D eigenvalue weighted by molar-refractivity contribution is 6.40. The van der Waals surface area contributed by atoms with Crippen LogP contribution in [0.4, 0.5) is 17.3 Å². The van der Waals surface area contributed by atoms with Gasteiger partial charge in [-0.3, -0.25) is 9.59 Å². The van der Waals surface area contributed by atoms with Crippen molar-refractivity contribution in [3.05, 3.63) is 20.4 Å². The lowest BCUT2D eigenvalue weighted by molar-refractivity contribution is 0.343. The van der Waals surface area contributed by atoms with Crippen molar-refractivity contribution in [3.63, 3.8) is 0 Å². The van der Waals surface area contributed by atoms with Gasteiger partial charge in [0.15, 0.2) is 0 Å². The molecule has 2 atom stereocenters. The Hall–Kier alpha value is -2.31. The summed E-state index contributed by atoms with van der Waals surface area (Å²) in [7, 11) is 0.266. The zero-order valence-electron chi connectivity index (χ0n) is 14.7. The Kier molecular flexibility index (Phi) is 4.82. The lowest BCUT2D eigenvalue weighted by atomic mass is 9.79. The molecule has 1 aromatic carbocycles. The van der Waals surface area contributed by atoms with E-state index in [1.165, 1.54) is 4.90 Å². The van der Waals surface area contributed by atoms with Gasteiger partial charge in [-0.25, -0.2) is 0 Å². The maximum atomic E-state index is 12.2. The van der Waals surface area contributed by atoms with Crippen LogP contribution in [0.1, 0.15) is 19.8 Å². The molecule has 0 saturated carbocycles. The largest absolute Gasteiger partial charge is 0.451 e. The van der Waals surface area contributed by atoms with Crippen LogP contribution in [0.3, 0.4) is 0 Å². The molecule has 1 fully saturated rings. The Morgan fingerprint density at radius 3 is 2.77 bits per heavy atom. The summed E-state index contributed by atoms with van der Waals surface area (Å²) in [4.78, 5) is 27.6. The van der Waals surface area contributed by atoms with Crippen molar-refractivity contribution in [1.29, 1.82) is 0 Å². The summed E-state index contributed by atoms with van der Waals surface area (Å²) in [5, 5.41) is 31.4.